The molecule has 0 aliphatic heterocycles. The van der Waals surface area contributed by atoms with Crippen molar-refractivity contribution in [2.24, 2.45) is 5.84 Å². The second-order valence-corrected chi connectivity index (χ2v) is 4.76. The smallest absolute Gasteiger partial charge is 0.0709 e. The van der Waals surface area contributed by atoms with Crippen molar-refractivity contribution in [1.29, 1.82) is 0 Å². The summed E-state index contributed by atoms with van der Waals surface area (Å²) in [5.41, 5.74) is 4.04. The van der Waals surface area contributed by atoms with Gasteiger partial charge >= 0.3 is 0 Å². The van der Waals surface area contributed by atoms with Gasteiger partial charge in [-0.1, -0.05) is 26.2 Å². The molecule has 0 bridgehead atoms. The molecule has 3 N–H and O–H groups in total. The van der Waals surface area contributed by atoms with E-state index >= 15 is 0 Å². The lowest BCUT2D eigenvalue weighted by Crippen LogP contribution is -2.30. The Balaban J connectivity index is 2.73. The summed E-state index contributed by atoms with van der Waals surface area (Å²) in [6, 6.07) is 0.184. The number of unbranched alkanes of at least 4 members (excludes halogenated alkanes) is 2. The molecular formula is C11H21BrN4. The average Bonchev–Trinajstić information content (AvgIpc) is 2.66. The maximum Gasteiger partial charge on any atom is 0.0709 e. The van der Waals surface area contributed by atoms with Crippen molar-refractivity contribution >= 4 is 15.9 Å². The summed E-state index contributed by atoms with van der Waals surface area (Å²) < 4.78 is 3.02. The zero-order valence-electron chi connectivity index (χ0n) is 10.0. The lowest BCUT2D eigenvalue weighted by Gasteiger charge is -2.17. The SMILES string of the molecule is CCCCCC(NN)c1c(Br)cnn1CC. The zero-order chi connectivity index (χ0) is 12.0. The van der Waals surface area contributed by atoms with Crippen molar-refractivity contribution in [3.63, 3.8) is 0 Å². The van der Waals surface area contributed by atoms with Crippen LogP contribution >= 0.6 is 15.9 Å². The molecule has 0 saturated carbocycles. The van der Waals surface area contributed by atoms with E-state index in [2.05, 4.69) is 40.3 Å². The number of aryl methyl sites for hydroxylation is 1. The van der Waals surface area contributed by atoms with Gasteiger partial charge in [-0.25, -0.2) is 0 Å². The molecule has 1 heterocycles. The first-order chi connectivity index (χ1) is 7.74. The lowest BCUT2D eigenvalue weighted by molar-refractivity contribution is 0.446. The van der Waals surface area contributed by atoms with Crippen molar-refractivity contribution in [2.75, 3.05) is 0 Å². The summed E-state index contributed by atoms with van der Waals surface area (Å²) in [6.07, 6.45) is 6.55. The largest absolute Gasteiger partial charge is 0.271 e. The predicted octanol–water partition coefficient (Wildman–Crippen LogP) is 2.75. The Morgan fingerprint density at radius 1 is 1.50 bits per heavy atom. The van der Waals surface area contributed by atoms with E-state index in [4.69, 9.17) is 5.84 Å². The number of nitrogens with two attached hydrogens (primary N) is 1. The molecule has 5 heteroatoms. The van der Waals surface area contributed by atoms with Gasteiger partial charge in [0.05, 0.1) is 22.4 Å². The predicted molar refractivity (Wildman–Crippen MR) is 69.8 cm³/mol. The highest BCUT2D eigenvalue weighted by Gasteiger charge is 2.17. The highest BCUT2D eigenvalue weighted by atomic mass is 79.9. The lowest BCUT2D eigenvalue weighted by atomic mass is 10.1. The van der Waals surface area contributed by atoms with E-state index in [9.17, 15) is 0 Å². The van der Waals surface area contributed by atoms with Crippen LogP contribution in [0.15, 0.2) is 10.7 Å². The van der Waals surface area contributed by atoms with Crippen LogP contribution in [0.3, 0.4) is 0 Å². The van der Waals surface area contributed by atoms with Crippen molar-refractivity contribution in [3.05, 3.63) is 16.4 Å². The third kappa shape index (κ3) is 3.30. The van der Waals surface area contributed by atoms with Crippen LogP contribution in [-0.4, -0.2) is 9.78 Å². The number of aromatic nitrogens is 2. The van der Waals surface area contributed by atoms with Crippen LogP contribution in [0.2, 0.25) is 0 Å². The second kappa shape index (κ2) is 7.04. The third-order valence-electron chi connectivity index (χ3n) is 2.76. The molecule has 0 aliphatic carbocycles. The summed E-state index contributed by atoms with van der Waals surface area (Å²) in [6.45, 7) is 5.16. The van der Waals surface area contributed by atoms with Gasteiger partial charge in [0, 0.05) is 6.54 Å². The minimum absolute atomic E-state index is 0.184. The minimum Gasteiger partial charge on any atom is -0.271 e. The van der Waals surface area contributed by atoms with E-state index in [0.717, 1.165) is 23.1 Å². The van der Waals surface area contributed by atoms with E-state index in [1.165, 1.54) is 19.3 Å². The summed E-state index contributed by atoms with van der Waals surface area (Å²) in [5.74, 6) is 5.63. The van der Waals surface area contributed by atoms with Crippen molar-refractivity contribution in [1.82, 2.24) is 15.2 Å². The van der Waals surface area contributed by atoms with Gasteiger partial charge < -0.3 is 0 Å². The van der Waals surface area contributed by atoms with Gasteiger partial charge in [0.1, 0.15) is 0 Å². The fourth-order valence-electron chi connectivity index (χ4n) is 1.87. The molecule has 0 spiro atoms. The van der Waals surface area contributed by atoms with E-state index in [-0.39, 0.29) is 6.04 Å². The van der Waals surface area contributed by atoms with Gasteiger partial charge in [-0.05, 0) is 29.3 Å². The van der Waals surface area contributed by atoms with E-state index in [1.54, 1.807) is 0 Å². The fourth-order valence-corrected chi connectivity index (χ4v) is 2.44. The number of hydrazine groups is 1. The molecule has 0 saturated heterocycles. The Hall–Kier alpha value is -0.390. The van der Waals surface area contributed by atoms with Gasteiger partial charge in [-0.15, -0.1) is 0 Å². The molecule has 1 rings (SSSR count). The number of rotatable bonds is 7. The molecule has 0 amide bonds. The summed E-state index contributed by atoms with van der Waals surface area (Å²) in [4.78, 5) is 0. The summed E-state index contributed by atoms with van der Waals surface area (Å²) in [5, 5.41) is 4.31. The molecule has 0 aromatic carbocycles. The molecule has 0 aliphatic rings. The Morgan fingerprint density at radius 3 is 2.81 bits per heavy atom. The van der Waals surface area contributed by atoms with E-state index in [1.807, 2.05) is 10.9 Å². The molecule has 1 aromatic rings. The number of nitrogens with one attached hydrogen (secondary N) is 1. The fraction of sp³-hybridized carbons (Fsp3) is 0.727. The third-order valence-corrected chi connectivity index (χ3v) is 3.37. The number of hydrogen-bond donors (Lipinski definition) is 2. The molecule has 1 aromatic heterocycles. The topological polar surface area (TPSA) is 55.9 Å². The van der Waals surface area contributed by atoms with Gasteiger partial charge in [-0.3, -0.25) is 16.0 Å². The molecule has 1 unspecified atom stereocenters. The summed E-state index contributed by atoms with van der Waals surface area (Å²) >= 11 is 3.53. The molecule has 4 nitrogen and oxygen atoms in total. The molecule has 16 heavy (non-hydrogen) atoms. The Kier molecular flexibility index (Phi) is 6.01. The number of nitrogens with zero attached hydrogens (tertiary/aromatic N) is 2. The highest BCUT2D eigenvalue weighted by Crippen LogP contribution is 2.26. The standard InChI is InChI=1S/C11H21BrN4/c1-3-5-6-7-10(15-13)11-9(12)8-14-16(11)4-2/h8,10,15H,3-7,13H2,1-2H3. The second-order valence-electron chi connectivity index (χ2n) is 3.91. The zero-order valence-corrected chi connectivity index (χ0v) is 11.6. The van der Waals surface area contributed by atoms with Crippen molar-refractivity contribution < 1.29 is 0 Å². The van der Waals surface area contributed by atoms with Crippen LogP contribution in [0, 0.1) is 0 Å². The summed E-state index contributed by atoms with van der Waals surface area (Å²) in [7, 11) is 0. The van der Waals surface area contributed by atoms with Gasteiger partial charge in [0.25, 0.3) is 0 Å². The van der Waals surface area contributed by atoms with Crippen LogP contribution < -0.4 is 11.3 Å². The molecule has 1 atom stereocenters. The van der Waals surface area contributed by atoms with Crippen molar-refractivity contribution in [3.8, 4) is 0 Å². The first kappa shape index (κ1) is 13.7. The van der Waals surface area contributed by atoms with E-state index < -0.39 is 0 Å². The minimum atomic E-state index is 0.184. The van der Waals surface area contributed by atoms with Gasteiger partial charge in [0.2, 0.25) is 0 Å². The molecular weight excluding hydrogens is 268 g/mol. The first-order valence-electron chi connectivity index (χ1n) is 5.91. The van der Waals surface area contributed by atoms with Crippen LogP contribution in [-0.2, 0) is 6.54 Å². The molecule has 92 valence electrons. The monoisotopic (exact) mass is 288 g/mol. The maximum absolute atomic E-state index is 5.63. The molecule has 0 radical (unpaired) electrons. The average molecular weight is 289 g/mol. The molecule has 0 fully saturated rings. The van der Waals surface area contributed by atoms with E-state index in [0.29, 0.717) is 0 Å². The number of halogens is 1. The van der Waals surface area contributed by atoms with Crippen LogP contribution in [0.5, 0.6) is 0 Å². The Morgan fingerprint density at radius 2 is 2.25 bits per heavy atom. The van der Waals surface area contributed by atoms with Gasteiger partial charge in [-0.2, -0.15) is 5.10 Å². The maximum atomic E-state index is 5.63. The van der Waals surface area contributed by atoms with Crippen molar-refractivity contribution in [2.45, 2.75) is 52.1 Å². The van der Waals surface area contributed by atoms with Crippen LogP contribution in [0.1, 0.15) is 51.3 Å². The number of hydrogen-bond acceptors (Lipinski definition) is 3. The van der Waals surface area contributed by atoms with Gasteiger partial charge in [0.15, 0.2) is 0 Å². The van der Waals surface area contributed by atoms with Crippen LogP contribution in [0.25, 0.3) is 0 Å². The Labute approximate surface area is 106 Å². The highest BCUT2D eigenvalue weighted by molar-refractivity contribution is 9.10. The first-order valence-corrected chi connectivity index (χ1v) is 6.71. The van der Waals surface area contributed by atoms with Crippen LogP contribution in [0.4, 0.5) is 0 Å². The Bertz CT molecular complexity index is 311. The quantitative estimate of drug-likeness (QED) is 0.461. The normalized spacial score (nSPS) is 13.0.